The maximum absolute atomic E-state index is 13.4. The second kappa shape index (κ2) is 5.07. The third-order valence-electron chi connectivity index (χ3n) is 3.64. The third kappa shape index (κ3) is 2.22. The fourth-order valence-electron chi connectivity index (χ4n) is 2.67. The molecule has 0 saturated carbocycles. The van der Waals surface area contributed by atoms with E-state index in [4.69, 9.17) is 16.3 Å². The van der Waals surface area contributed by atoms with Crippen molar-refractivity contribution in [2.45, 2.75) is 12.1 Å². The van der Waals surface area contributed by atoms with E-state index >= 15 is 0 Å². The van der Waals surface area contributed by atoms with Gasteiger partial charge in [-0.1, -0.05) is 17.7 Å². The highest BCUT2D eigenvalue weighted by atomic mass is 35.5. The van der Waals surface area contributed by atoms with Crippen LogP contribution in [0.3, 0.4) is 0 Å². The molecule has 0 unspecified atom stereocenters. The lowest BCUT2D eigenvalue weighted by molar-refractivity contribution is -0.0364. The van der Waals surface area contributed by atoms with Crippen LogP contribution in [0, 0.1) is 5.82 Å². The Morgan fingerprint density at radius 2 is 2.32 bits per heavy atom. The highest BCUT2D eigenvalue weighted by Crippen LogP contribution is 2.25. The molecular weight excluding hydrogens is 271 g/mol. The van der Waals surface area contributed by atoms with Crippen LogP contribution < -0.4 is 5.32 Å². The maximum atomic E-state index is 13.4. The summed E-state index contributed by atoms with van der Waals surface area (Å²) in [7, 11) is 0. The molecule has 2 heterocycles. The number of rotatable bonds is 1. The molecule has 0 spiro atoms. The first-order valence-electron chi connectivity index (χ1n) is 6.26. The van der Waals surface area contributed by atoms with Gasteiger partial charge in [0.15, 0.2) is 0 Å². The number of morpholine rings is 1. The maximum Gasteiger partial charge on any atom is 0.255 e. The highest BCUT2D eigenvalue weighted by Gasteiger charge is 2.39. The first-order chi connectivity index (χ1) is 9.18. The number of ether oxygens (including phenoxy) is 1. The number of carbonyl (C=O) groups excluding carboxylic acids is 1. The Balaban J connectivity index is 1.88. The number of carbonyl (C=O) groups is 1. The molecule has 1 aromatic carbocycles. The van der Waals surface area contributed by atoms with Crippen molar-refractivity contribution in [1.29, 1.82) is 0 Å². The Labute approximate surface area is 115 Å². The molecule has 19 heavy (non-hydrogen) atoms. The predicted molar refractivity (Wildman–Crippen MR) is 68.8 cm³/mol. The van der Waals surface area contributed by atoms with Crippen LogP contribution in [0.25, 0.3) is 0 Å². The predicted octanol–water partition coefficient (Wildman–Crippen LogP) is 1.29. The van der Waals surface area contributed by atoms with Gasteiger partial charge in [-0.25, -0.2) is 4.39 Å². The summed E-state index contributed by atoms with van der Waals surface area (Å²) >= 11 is 5.88. The van der Waals surface area contributed by atoms with Gasteiger partial charge in [0.25, 0.3) is 5.91 Å². The van der Waals surface area contributed by atoms with Crippen molar-refractivity contribution in [3.63, 3.8) is 0 Å². The van der Waals surface area contributed by atoms with Gasteiger partial charge in [-0.3, -0.25) is 4.79 Å². The van der Waals surface area contributed by atoms with Crippen molar-refractivity contribution in [2.24, 2.45) is 0 Å². The third-order valence-corrected chi connectivity index (χ3v) is 4.02. The Morgan fingerprint density at radius 1 is 1.47 bits per heavy atom. The molecular formula is C13H14ClFN2O2. The number of nitrogens with zero attached hydrogens (tertiary/aromatic N) is 1. The van der Waals surface area contributed by atoms with Crippen LogP contribution in [-0.4, -0.2) is 49.2 Å². The zero-order chi connectivity index (χ0) is 13.4. The van der Waals surface area contributed by atoms with Crippen molar-refractivity contribution in [3.05, 3.63) is 34.6 Å². The summed E-state index contributed by atoms with van der Waals surface area (Å²) in [5.41, 5.74) is 0.217. The van der Waals surface area contributed by atoms with Gasteiger partial charge in [-0.15, -0.1) is 0 Å². The van der Waals surface area contributed by atoms with Crippen molar-refractivity contribution in [1.82, 2.24) is 10.2 Å². The molecule has 0 radical (unpaired) electrons. The molecule has 6 heteroatoms. The number of nitrogens with one attached hydrogen (secondary N) is 1. The molecule has 2 aliphatic rings. The molecule has 2 aliphatic heterocycles. The summed E-state index contributed by atoms with van der Waals surface area (Å²) in [5, 5.41) is 3.09. The molecule has 1 N–H and O–H groups in total. The summed E-state index contributed by atoms with van der Waals surface area (Å²) in [6, 6.07) is 4.30. The van der Waals surface area contributed by atoms with Gasteiger partial charge in [-0.05, 0) is 12.1 Å². The lowest BCUT2D eigenvalue weighted by atomic mass is 10.1. The van der Waals surface area contributed by atoms with Crippen LogP contribution >= 0.6 is 11.6 Å². The minimum atomic E-state index is -0.568. The topological polar surface area (TPSA) is 41.6 Å². The zero-order valence-electron chi connectivity index (χ0n) is 10.2. The molecule has 1 amide bonds. The average molecular weight is 285 g/mol. The van der Waals surface area contributed by atoms with E-state index in [0.29, 0.717) is 19.7 Å². The van der Waals surface area contributed by atoms with Crippen LogP contribution in [-0.2, 0) is 4.74 Å². The van der Waals surface area contributed by atoms with Crippen molar-refractivity contribution in [3.8, 4) is 0 Å². The van der Waals surface area contributed by atoms with Gasteiger partial charge in [0.2, 0.25) is 0 Å². The molecule has 0 aromatic heterocycles. The normalized spacial score (nSPS) is 26.3. The van der Waals surface area contributed by atoms with Crippen molar-refractivity contribution < 1.29 is 13.9 Å². The van der Waals surface area contributed by atoms with E-state index in [1.807, 2.05) is 0 Å². The van der Waals surface area contributed by atoms with Crippen molar-refractivity contribution in [2.75, 3.05) is 26.2 Å². The number of halogens is 2. The van der Waals surface area contributed by atoms with Crippen LogP contribution in [0.15, 0.2) is 18.2 Å². The van der Waals surface area contributed by atoms with Gasteiger partial charge in [0.05, 0.1) is 29.3 Å². The average Bonchev–Trinajstić information content (AvgIpc) is 2.89. The quantitative estimate of drug-likeness (QED) is 0.845. The standard InChI is InChI=1S/C13H14ClFN2O2/c14-12-8(2-1-3-9(12)15)13(18)17-4-5-19-11-7-16-6-10(11)17/h1-3,10-11,16H,4-7H2/t10-,11+/m1/s1. The minimum absolute atomic E-state index is 0.000541. The van der Waals surface area contributed by atoms with Crippen molar-refractivity contribution >= 4 is 17.5 Å². The second-order valence-electron chi connectivity index (χ2n) is 4.73. The summed E-state index contributed by atoms with van der Waals surface area (Å²) in [6.45, 7) is 2.45. The van der Waals surface area contributed by atoms with Crippen LogP contribution in [0.1, 0.15) is 10.4 Å². The number of hydrogen-bond donors (Lipinski definition) is 1. The number of fused-ring (bicyclic) bond motifs is 1. The second-order valence-corrected chi connectivity index (χ2v) is 5.11. The SMILES string of the molecule is O=C(c1cccc(F)c1Cl)N1CCO[C@H]2CNC[C@H]21. The molecule has 2 fully saturated rings. The van der Waals surface area contributed by atoms with Gasteiger partial charge in [0, 0.05) is 19.6 Å². The highest BCUT2D eigenvalue weighted by molar-refractivity contribution is 6.34. The molecule has 2 saturated heterocycles. The van der Waals surface area contributed by atoms with Gasteiger partial charge >= 0.3 is 0 Å². The Morgan fingerprint density at radius 3 is 3.16 bits per heavy atom. The zero-order valence-corrected chi connectivity index (χ0v) is 11.0. The van der Waals surface area contributed by atoms with Gasteiger partial charge in [-0.2, -0.15) is 0 Å². The summed E-state index contributed by atoms with van der Waals surface area (Å²) in [6.07, 6.45) is 0.0186. The molecule has 2 atom stereocenters. The summed E-state index contributed by atoms with van der Waals surface area (Å²) in [5.74, 6) is -0.798. The number of benzene rings is 1. The molecule has 1 aromatic rings. The van der Waals surface area contributed by atoms with Crippen LogP contribution in [0.2, 0.25) is 5.02 Å². The van der Waals surface area contributed by atoms with Crippen LogP contribution in [0.4, 0.5) is 4.39 Å². The van der Waals surface area contributed by atoms with E-state index < -0.39 is 5.82 Å². The Bertz CT molecular complexity index is 511. The van der Waals surface area contributed by atoms with E-state index in [2.05, 4.69) is 5.32 Å². The monoisotopic (exact) mass is 284 g/mol. The smallest absolute Gasteiger partial charge is 0.255 e. The minimum Gasteiger partial charge on any atom is -0.373 e. The summed E-state index contributed by atoms with van der Waals surface area (Å²) < 4.78 is 19.0. The van der Waals surface area contributed by atoms with E-state index in [0.717, 1.165) is 6.54 Å². The van der Waals surface area contributed by atoms with Gasteiger partial charge < -0.3 is 15.0 Å². The molecule has 0 aliphatic carbocycles. The fourth-order valence-corrected chi connectivity index (χ4v) is 2.87. The Kier molecular flexibility index (Phi) is 3.43. The van der Waals surface area contributed by atoms with E-state index in [-0.39, 0.29) is 28.6 Å². The van der Waals surface area contributed by atoms with Crippen LogP contribution in [0.5, 0.6) is 0 Å². The molecule has 102 valence electrons. The van der Waals surface area contributed by atoms with E-state index in [1.165, 1.54) is 12.1 Å². The molecule has 3 rings (SSSR count). The molecule has 0 bridgehead atoms. The first kappa shape index (κ1) is 12.8. The lowest BCUT2D eigenvalue weighted by Crippen LogP contribution is -2.53. The largest absolute Gasteiger partial charge is 0.373 e. The van der Waals surface area contributed by atoms with E-state index in [1.54, 1.807) is 11.0 Å². The molecule has 4 nitrogen and oxygen atoms in total. The fraction of sp³-hybridized carbons (Fsp3) is 0.462. The first-order valence-corrected chi connectivity index (χ1v) is 6.63. The number of hydrogen-bond acceptors (Lipinski definition) is 3. The van der Waals surface area contributed by atoms with E-state index in [9.17, 15) is 9.18 Å². The summed E-state index contributed by atoms with van der Waals surface area (Å²) in [4.78, 5) is 14.2. The number of amides is 1. The van der Waals surface area contributed by atoms with Gasteiger partial charge in [0.1, 0.15) is 5.82 Å². The lowest BCUT2D eigenvalue weighted by Gasteiger charge is -2.37. The Hall–Kier alpha value is -1.17.